The molecule has 0 saturated carbocycles. The molecule has 3 aromatic rings. The first kappa shape index (κ1) is 20.6. The van der Waals surface area contributed by atoms with Crippen molar-refractivity contribution in [3.05, 3.63) is 65.9 Å². The van der Waals surface area contributed by atoms with Gasteiger partial charge in [0.05, 0.1) is 0 Å². The van der Waals surface area contributed by atoms with Crippen LogP contribution in [0, 0.1) is 6.92 Å². The molecule has 3 rings (SSSR count). The van der Waals surface area contributed by atoms with E-state index < -0.39 is 11.9 Å². The van der Waals surface area contributed by atoms with Crippen molar-refractivity contribution in [1.82, 2.24) is 14.5 Å². The van der Waals surface area contributed by atoms with E-state index in [1.165, 1.54) is 0 Å². The van der Waals surface area contributed by atoms with E-state index in [1.54, 1.807) is 6.20 Å². The molecule has 0 radical (unpaired) electrons. The molecule has 0 atom stereocenters. The molecule has 0 bridgehead atoms. The van der Waals surface area contributed by atoms with Crippen LogP contribution < -0.4 is 0 Å². The molecule has 146 valence electrons. The van der Waals surface area contributed by atoms with Crippen molar-refractivity contribution in [2.75, 3.05) is 0 Å². The number of nitrogens with zero attached hydrogens (tertiary/aromatic N) is 2. The summed E-state index contributed by atoms with van der Waals surface area (Å²) < 4.78 is 2.00. The fourth-order valence-corrected chi connectivity index (χ4v) is 2.69. The van der Waals surface area contributed by atoms with Crippen LogP contribution in [0.1, 0.15) is 28.3 Å². The average molecular weight is 383 g/mol. The number of hydrogen-bond acceptors (Lipinski definition) is 4. The van der Waals surface area contributed by atoms with E-state index in [0.29, 0.717) is 25.0 Å². The summed E-state index contributed by atoms with van der Waals surface area (Å²) in [6, 6.07) is 7.99. The number of rotatable bonds is 6. The zero-order valence-electron chi connectivity index (χ0n) is 15.5. The normalized spacial score (nSPS) is 10.6. The lowest BCUT2D eigenvalue weighted by molar-refractivity contribution is -0.134. The molecule has 0 saturated heterocycles. The molecule has 8 nitrogen and oxygen atoms in total. The second kappa shape index (κ2) is 9.31. The van der Waals surface area contributed by atoms with Crippen molar-refractivity contribution < 1.29 is 24.6 Å². The van der Waals surface area contributed by atoms with Gasteiger partial charge in [0.2, 0.25) is 0 Å². The maximum absolute atomic E-state index is 12.4. The van der Waals surface area contributed by atoms with Crippen LogP contribution in [0.15, 0.2) is 48.8 Å². The SMILES string of the molecule is Cc1ncc(CCC(=O)c2cn(C)c3ccccc23)[nH]1.O=C(O)C=CC(=O)O. The third kappa shape index (κ3) is 5.66. The molecule has 0 fully saturated rings. The van der Waals surface area contributed by atoms with Crippen molar-refractivity contribution in [2.45, 2.75) is 19.8 Å². The van der Waals surface area contributed by atoms with E-state index in [-0.39, 0.29) is 5.78 Å². The van der Waals surface area contributed by atoms with E-state index in [0.717, 1.165) is 28.0 Å². The number of aryl methyl sites for hydroxylation is 3. The molecular formula is C20H21N3O5. The van der Waals surface area contributed by atoms with Gasteiger partial charge in [0.15, 0.2) is 5.78 Å². The van der Waals surface area contributed by atoms with Gasteiger partial charge in [-0.05, 0) is 19.4 Å². The van der Waals surface area contributed by atoms with E-state index in [1.807, 2.05) is 49.0 Å². The summed E-state index contributed by atoms with van der Waals surface area (Å²) >= 11 is 0. The van der Waals surface area contributed by atoms with E-state index in [9.17, 15) is 14.4 Å². The molecule has 2 aromatic heterocycles. The number of Topliss-reactive ketones (excluding diaryl/α,β-unsaturated/α-hetero) is 1. The Balaban J connectivity index is 0.000000300. The summed E-state index contributed by atoms with van der Waals surface area (Å²) in [6.07, 6.45) is 6.03. The number of fused-ring (bicyclic) bond motifs is 1. The van der Waals surface area contributed by atoms with Gasteiger partial charge in [-0.3, -0.25) is 4.79 Å². The zero-order valence-corrected chi connectivity index (χ0v) is 15.5. The topological polar surface area (TPSA) is 125 Å². The van der Waals surface area contributed by atoms with Crippen LogP contribution >= 0.6 is 0 Å². The van der Waals surface area contributed by atoms with E-state index in [2.05, 4.69) is 9.97 Å². The van der Waals surface area contributed by atoms with Crippen LogP contribution in [-0.2, 0) is 23.1 Å². The fourth-order valence-electron chi connectivity index (χ4n) is 2.69. The number of carboxylic acid groups (broad SMARTS) is 2. The van der Waals surface area contributed by atoms with Gasteiger partial charge in [0, 0.05) is 60.2 Å². The van der Waals surface area contributed by atoms with Crippen molar-refractivity contribution in [2.24, 2.45) is 7.05 Å². The summed E-state index contributed by atoms with van der Waals surface area (Å²) in [5.74, 6) is -1.45. The third-order valence-corrected chi connectivity index (χ3v) is 3.94. The van der Waals surface area contributed by atoms with Crippen LogP contribution in [0.2, 0.25) is 0 Å². The summed E-state index contributed by atoms with van der Waals surface area (Å²) in [4.78, 5) is 38.8. The molecule has 8 heteroatoms. The highest BCUT2D eigenvalue weighted by atomic mass is 16.4. The van der Waals surface area contributed by atoms with Crippen LogP contribution in [-0.4, -0.2) is 42.5 Å². The molecule has 0 amide bonds. The first-order chi connectivity index (χ1) is 13.3. The van der Waals surface area contributed by atoms with Gasteiger partial charge < -0.3 is 19.8 Å². The number of aromatic amines is 1. The van der Waals surface area contributed by atoms with Crippen molar-refractivity contribution in [3.8, 4) is 0 Å². The number of aromatic nitrogens is 3. The Morgan fingerprint density at radius 3 is 2.36 bits per heavy atom. The lowest BCUT2D eigenvalue weighted by Crippen LogP contribution is -2.01. The van der Waals surface area contributed by atoms with Crippen molar-refractivity contribution >= 4 is 28.6 Å². The fraction of sp³-hybridized carbons (Fsp3) is 0.200. The Hall–Kier alpha value is -3.68. The van der Waals surface area contributed by atoms with Gasteiger partial charge in [0.25, 0.3) is 0 Å². The maximum Gasteiger partial charge on any atom is 0.328 e. The molecule has 0 aliphatic heterocycles. The summed E-state index contributed by atoms with van der Waals surface area (Å²) in [7, 11) is 1.97. The number of hydrogen-bond donors (Lipinski definition) is 3. The number of carbonyl (C=O) groups is 3. The molecule has 0 unspecified atom stereocenters. The van der Waals surface area contributed by atoms with E-state index >= 15 is 0 Å². The third-order valence-electron chi connectivity index (χ3n) is 3.94. The summed E-state index contributed by atoms with van der Waals surface area (Å²) in [6.45, 7) is 1.91. The molecule has 1 aromatic carbocycles. The molecule has 28 heavy (non-hydrogen) atoms. The number of nitrogens with one attached hydrogen (secondary N) is 1. The van der Waals surface area contributed by atoms with Gasteiger partial charge in [-0.15, -0.1) is 0 Å². The Kier molecular flexibility index (Phi) is 6.86. The predicted octanol–water partition coefficient (Wildman–Crippen LogP) is 2.74. The zero-order chi connectivity index (χ0) is 20.7. The number of H-pyrrole nitrogens is 1. The maximum atomic E-state index is 12.4. The predicted molar refractivity (Wildman–Crippen MR) is 103 cm³/mol. The summed E-state index contributed by atoms with van der Waals surface area (Å²) in [5, 5.41) is 16.7. The van der Waals surface area contributed by atoms with Crippen molar-refractivity contribution in [3.63, 3.8) is 0 Å². The average Bonchev–Trinajstić information content (AvgIpc) is 3.22. The quantitative estimate of drug-likeness (QED) is 0.444. The molecular weight excluding hydrogens is 362 g/mol. The smallest absolute Gasteiger partial charge is 0.328 e. The number of ketones is 1. The second-order valence-electron chi connectivity index (χ2n) is 6.10. The minimum atomic E-state index is -1.26. The van der Waals surface area contributed by atoms with Crippen LogP contribution in [0.25, 0.3) is 10.9 Å². The minimum absolute atomic E-state index is 0.175. The first-order valence-corrected chi connectivity index (χ1v) is 8.49. The largest absolute Gasteiger partial charge is 0.478 e. The molecule has 0 aliphatic rings. The van der Waals surface area contributed by atoms with Crippen LogP contribution in [0.5, 0.6) is 0 Å². The molecule has 2 heterocycles. The molecule has 0 aliphatic carbocycles. The van der Waals surface area contributed by atoms with Crippen LogP contribution in [0.4, 0.5) is 0 Å². The molecule has 3 N–H and O–H groups in total. The first-order valence-electron chi connectivity index (χ1n) is 8.49. The van der Waals surface area contributed by atoms with Gasteiger partial charge in [-0.2, -0.15) is 0 Å². The lowest BCUT2D eigenvalue weighted by Gasteiger charge is -1.98. The second-order valence-corrected chi connectivity index (χ2v) is 6.10. The van der Waals surface area contributed by atoms with Gasteiger partial charge in [-0.1, -0.05) is 18.2 Å². The Morgan fingerprint density at radius 1 is 1.14 bits per heavy atom. The summed E-state index contributed by atoms with van der Waals surface area (Å²) in [5.41, 5.74) is 2.91. The highest BCUT2D eigenvalue weighted by molar-refractivity contribution is 6.08. The monoisotopic (exact) mass is 383 g/mol. The standard InChI is InChI=1S/C16H17N3O.C4H4O4/c1-11-17-9-12(18-11)7-8-16(20)14-10-19(2)15-6-4-3-5-13(14)15;5-3(6)1-2-4(7)8/h3-6,9-10H,7-8H2,1-2H3,(H,17,18);1-2H,(H,5,6)(H,7,8). The Bertz CT molecular complexity index is 1010. The highest BCUT2D eigenvalue weighted by Gasteiger charge is 2.13. The van der Waals surface area contributed by atoms with Crippen LogP contribution in [0.3, 0.4) is 0 Å². The van der Waals surface area contributed by atoms with Gasteiger partial charge in [-0.25, -0.2) is 14.6 Å². The number of benzene rings is 1. The number of imidazole rings is 1. The Labute approximate surface area is 161 Å². The van der Waals surface area contributed by atoms with Gasteiger partial charge in [0.1, 0.15) is 5.82 Å². The molecule has 0 spiro atoms. The minimum Gasteiger partial charge on any atom is -0.478 e. The Morgan fingerprint density at radius 2 is 1.79 bits per heavy atom. The number of carbonyl (C=O) groups excluding carboxylic acids is 1. The highest BCUT2D eigenvalue weighted by Crippen LogP contribution is 2.22. The van der Waals surface area contributed by atoms with Gasteiger partial charge >= 0.3 is 11.9 Å². The number of aliphatic carboxylic acids is 2. The lowest BCUT2D eigenvalue weighted by atomic mass is 10.0. The van der Waals surface area contributed by atoms with Crippen molar-refractivity contribution in [1.29, 1.82) is 0 Å². The van der Waals surface area contributed by atoms with E-state index in [4.69, 9.17) is 10.2 Å². The number of carboxylic acids is 2. The number of para-hydroxylation sites is 1.